The Morgan fingerprint density at radius 1 is 1.28 bits per heavy atom. The summed E-state index contributed by atoms with van der Waals surface area (Å²) < 4.78 is 4.93. The fourth-order valence-corrected chi connectivity index (χ4v) is 2.40. The maximum absolute atomic E-state index is 12.1. The molecule has 0 bridgehead atoms. The highest BCUT2D eigenvalue weighted by molar-refractivity contribution is 7.97. The summed E-state index contributed by atoms with van der Waals surface area (Å²) in [4.78, 5) is 23.8. The van der Waals surface area contributed by atoms with Crippen molar-refractivity contribution in [3.05, 3.63) is 30.3 Å². The molecule has 0 heterocycles. The van der Waals surface area contributed by atoms with Gasteiger partial charge in [-0.05, 0) is 19.1 Å². The van der Waals surface area contributed by atoms with Gasteiger partial charge in [0.15, 0.2) is 0 Å². The van der Waals surface area contributed by atoms with Crippen molar-refractivity contribution in [2.45, 2.75) is 12.2 Å². The van der Waals surface area contributed by atoms with Gasteiger partial charge >= 0.3 is 5.97 Å². The lowest BCUT2D eigenvalue weighted by Gasteiger charge is -2.12. The Morgan fingerprint density at radius 3 is 2.39 bits per heavy atom. The molecule has 0 fully saturated rings. The number of hydrogen-bond donors (Lipinski definition) is 1. The normalized spacial score (nSPS) is 12.0. The standard InChI is InChI=1S/C13H17NO3S/c1-4-17-13(16)11(18(2)3)12(15)14-10-8-6-5-7-9-10/h5-9,11H,4H2,1-3H3/p+1/t11-/m0/s1. The van der Waals surface area contributed by atoms with E-state index in [1.54, 1.807) is 19.1 Å². The number of amides is 1. The first-order valence-corrected chi connectivity index (χ1v) is 7.75. The minimum Gasteiger partial charge on any atom is -0.462 e. The molecule has 4 nitrogen and oxygen atoms in total. The van der Waals surface area contributed by atoms with Crippen molar-refractivity contribution in [1.82, 2.24) is 0 Å². The zero-order chi connectivity index (χ0) is 13.5. The molecule has 1 rings (SSSR count). The number of esters is 1. The number of ether oxygens (including phenoxy) is 1. The van der Waals surface area contributed by atoms with E-state index in [4.69, 9.17) is 4.74 Å². The number of carbonyl (C=O) groups excluding carboxylic acids is 2. The summed E-state index contributed by atoms with van der Waals surface area (Å²) >= 11 is 0. The van der Waals surface area contributed by atoms with Crippen molar-refractivity contribution in [3.63, 3.8) is 0 Å². The molecule has 1 aromatic carbocycles. The number of carbonyl (C=O) groups is 2. The van der Waals surface area contributed by atoms with Crippen molar-refractivity contribution in [2.75, 3.05) is 24.4 Å². The summed E-state index contributed by atoms with van der Waals surface area (Å²) in [6.45, 7) is 2.01. The average molecular weight is 268 g/mol. The van der Waals surface area contributed by atoms with Gasteiger partial charge in [0.1, 0.15) is 0 Å². The number of benzene rings is 1. The molecule has 0 radical (unpaired) electrons. The van der Waals surface area contributed by atoms with Crippen LogP contribution < -0.4 is 5.32 Å². The van der Waals surface area contributed by atoms with E-state index in [-0.39, 0.29) is 23.4 Å². The van der Waals surface area contributed by atoms with Gasteiger partial charge in [0.25, 0.3) is 11.2 Å². The third-order valence-corrected chi connectivity index (χ3v) is 3.60. The van der Waals surface area contributed by atoms with E-state index in [9.17, 15) is 9.59 Å². The Hall–Kier alpha value is -1.49. The molecule has 18 heavy (non-hydrogen) atoms. The zero-order valence-electron chi connectivity index (χ0n) is 10.8. The number of anilines is 1. The van der Waals surface area contributed by atoms with E-state index >= 15 is 0 Å². The van der Waals surface area contributed by atoms with Gasteiger partial charge in [-0.25, -0.2) is 4.79 Å². The summed E-state index contributed by atoms with van der Waals surface area (Å²) in [5.41, 5.74) is 0.683. The van der Waals surface area contributed by atoms with Gasteiger partial charge in [-0.3, -0.25) is 4.79 Å². The second kappa shape index (κ2) is 7.06. The lowest BCUT2D eigenvalue weighted by atomic mass is 10.3. The van der Waals surface area contributed by atoms with E-state index in [0.29, 0.717) is 5.69 Å². The molecule has 1 N–H and O–H groups in total. The third kappa shape index (κ3) is 4.07. The van der Waals surface area contributed by atoms with Gasteiger partial charge in [-0.2, -0.15) is 0 Å². The maximum Gasteiger partial charge on any atom is 0.369 e. The molecule has 1 aromatic rings. The molecule has 0 aliphatic rings. The second-order valence-electron chi connectivity index (χ2n) is 3.87. The average Bonchev–Trinajstić information content (AvgIpc) is 2.30. The van der Waals surface area contributed by atoms with Gasteiger partial charge in [0.05, 0.1) is 19.1 Å². The summed E-state index contributed by atoms with van der Waals surface area (Å²) in [5, 5.41) is 1.98. The summed E-state index contributed by atoms with van der Waals surface area (Å²) in [7, 11) is -0.375. The van der Waals surface area contributed by atoms with Crippen LogP contribution >= 0.6 is 0 Å². The van der Waals surface area contributed by atoms with Gasteiger partial charge in [0.2, 0.25) is 0 Å². The van der Waals surface area contributed by atoms with Crippen molar-refractivity contribution >= 4 is 28.5 Å². The van der Waals surface area contributed by atoms with E-state index in [2.05, 4.69) is 5.32 Å². The van der Waals surface area contributed by atoms with Crippen LogP contribution in [0.1, 0.15) is 6.92 Å². The highest BCUT2D eigenvalue weighted by atomic mass is 32.2. The smallest absolute Gasteiger partial charge is 0.369 e. The number of para-hydroxylation sites is 1. The fourth-order valence-electron chi connectivity index (χ4n) is 1.46. The monoisotopic (exact) mass is 268 g/mol. The molecule has 98 valence electrons. The van der Waals surface area contributed by atoms with Gasteiger partial charge < -0.3 is 10.1 Å². The summed E-state index contributed by atoms with van der Waals surface area (Å²) in [6, 6.07) is 9.08. The maximum atomic E-state index is 12.1. The molecule has 0 spiro atoms. The topological polar surface area (TPSA) is 55.4 Å². The van der Waals surface area contributed by atoms with E-state index in [0.717, 1.165) is 0 Å². The molecule has 0 aliphatic heterocycles. The lowest BCUT2D eigenvalue weighted by molar-refractivity contribution is -0.144. The Labute approximate surface area is 110 Å². The van der Waals surface area contributed by atoms with Crippen molar-refractivity contribution in [2.24, 2.45) is 0 Å². The Bertz CT molecular complexity index is 406. The largest absolute Gasteiger partial charge is 0.462 e. The van der Waals surface area contributed by atoms with Crippen LogP contribution in [-0.4, -0.2) is 36.2 Å². The van der Waals surface area contributed by atoms with Crippen LogP contribution in [-0.2, 0) is 25.2 Å². The second-order valence-corrected chi connectivity index (χ2v) is 6.10. The summed E-state index contributed by atoms with van der Waals surface area (Å²) in [5.74, 6) is -0.771. The van der Waals surface area contributed by atoms with Gasteiger partial charge in [0, 0.05) is 16.6 Å². The van der Waals surface area contributed by atoms with Crippen LogP contribution in [0, 0.1) is 0 Å². The predicted molar refractivity (Wildman–Crippen MR) is 74.7 cm³/mol. The zero-order valence-corrected chi connectivity index (χ0v) is 11.6. The predicted octanol–water partition coefficient (Wildman–Crippen LogP) is 1.43. The molecular weight excluding hydrogens is 250 g/mol. The Kier molecular flexibility index (Phi) is 5.71. The van der Waals surface area contributed by atoms with Gasteiger partial charge in [-0.15, -0.1) is 0 Å². The van der Waals surface area contributed by atoms with Crippen LogP contribution in [0.2, 0.25) is 0 Å². The quantitative estimate of drug-likeness (QED) is 0.499. The van der Waals surface area contributed by atoms with Crippen LogP contribution in [0.5, 0.6) is 0 Å². The van der Waals surface area contributed by atoms with Crippen LogP contribution in [0.3, 0.4) is 0 Å². The molecule has 1 amide bonds. The van der Waals surface area contributed by atoms with Crippen molar-refractivity contribution < 1.29 is 14.3 Å². The molecule has 5 heteroatoms. The van der Waals surface area contributed by atoms with Crippen LogP contribution in [0.25, 0.3) is 0 Å². The number of nitrogens with one attached hydrogen (secondary N) is 1. The highest BCUT2D eigenvalue weighted by Gasteiger charge is 2.39. The molecule has 0 unspecified atom stereocenters. The molecular formula is C13H18NO3S+. The first-order valence-electron chi connectivity index (χ1n) is 5.65. The number of hydrogen-bond acceptors (Lipinski definition) is 3. The molecule has 0 saturated carbocycles. The molecule has 1 atom stereocenters. The van der Waals surface area contributed by atoms with Crippen LogP contribution in [0.4, 0.5) is 5.69 Å². The van der Waals surface area contributed by atoms with E-state index in [1.165, 1.54) is 0 Å². The summed E-state index contributed by atoms with van der Waals surface area (Å²) in [6.07, 6.45) is 3.71. The SMILES string of the molecule is CCOC(=O)[C@H](C(=O)Nc1ccccc1)[S+](C)C. The Morgan fingerprint density at radius 2 is 1.89 bits per heavy atom. The first-order chi connectivity index (χ1) is 8.56. The third-order valence-electron chi connectivity index (χ3n) is 2.25. The van der Waals surface area contributed by atoms with Crippen molar-refractivity contribution in [3.8, 4) is 0 Å². The molecule has 0 aromatic heterocycles. The van der Waals surface area contributed by atoms with E-state index in [1.807, 2.05) is 30.7 Å². The highest BCUT2D eigenvalue weighted by Crippen LogP contribution is 2.10. The minimum atomic E-state index is -0.745. The molecule has 0 aliphatic carbocycles. The molecule has 0 saturated heterocycles. The Balaban J connectivity index is 2.75. The van der Waals surface area contributed by atoms with Crippen molar-refractivity contribution in [1.29, 1.82) is 0 Å². The fraction of sp³-hybridized carbons (Fsp3) is 0.385. The van der Waals surface area contributed by atoms with Gasteiger partial charge in [-0.1, -0.05) is 18.2 Å². The lowest BCUT2D eigenvalue weighted by Crippen LogP contribution is -2.41. The number of rotatable bonds is 5. The van der Waals surface area contributed by atoms with E-state index < -0.39 is 11.2 Å². The van der Waals surface area contributed by atoms with Crippen LogP contribution in [0.15, 0.2) is 30.3 Å². The minimum absolute atomic E-state index is 0.283. The first kappa shape index (κ1) is 14.6.